The number of oxime groups is 1. The van der Waals surface area contributed by atoms with Gasteiger partial charge in [-0.3, -0.25) is 0 Å². The molecule has 2 aromatic rings. The number of hydrogen-bond acceptors (Lipinski definition) is 4. The lowest BCUT2D eigenvalue weighted by atomic mass is 9.66. The van der Waals surface area contributed by atoms with Crippen LogP contribution in [0.5, 0.6) is 0 Å². The maximum absolute atomic E-state index is 13.7. The smallest absolute Gasteiger partial charge is 0.388 e. The first-order chi connectivity index (χ1) is 15.1. The third kappa shape index (κ3) is 2.75. The van der Waals surface area contributed by atoms with Crippen LogP contribution in [0.1, 0.15) is 70.2 Å². The molecule has 0 amide bonds. The van der Waals surface area contributed by atoms with Crippen LogP contribution in [0.2, 0.25) is 0 Å². The Hall–Kier alpha value is -2.31. The minimum atomic E-state index is -4.46. The quantitative estimate of drug-likeness (QED) is 0.522. The molecular formula is C25H29F3N2O2. The SMILES string of the molecule is CC(C)C1(C(C)C)ON=C2[C@@H]1CC[C@]21CCCc2c1noc2-c1ccccc1C(F)(F)F. The number of alkyl halides is 3. The lowest BCUT2D eigenvalue weighted by Gasteiger charge is -2.39. The molecule has 0 bridgehead atoms. The van der Waals surface area contributed by atoms with Crippen LogP contribution in [0.3, 0.4) is 0 Å². The van der Waals surface area contributed by atoms with E-state index >= 15 is 0 Å². The van der Waals surface area contributed by atoms with Crippen molar-refractivity contribution in [2.45, 2.75) is 77.0 Å². The number of rotatable bonds is 3. The van der Waals surface area contributed by atoms with E-state index in [1.807, 2.05) is 0 Å². The topological polar surface area (TPSA) is 47.6 Å². The van der Waals surface area contributed by atoms with Gasteiger partial charge in [0.05, 0.1) is 22.4 Å². The highest BCUT2D eigenvalue weighted by Gasteiger charge is 2.63. The average molecular weight is 447 g/mol. The van der Waals surface area contributed by atoms with Crippen LogP contribution in [-0.2, 0) is 22.8 Å². The highest BCUT2D eigenvalue weighted by molar-refractivity contribution is 6.00. The average Bonchev–Trinajstić information content (AvgIpc) is 3.42. The molecule has 5 rings (SSSR count). The number of halogens is 3. The van der Waals surface area contributed by atoms with Gasteiger partial charge in [-0.25, -0.2) is 0 Å². The lowest BCUT2D eigenvalue weighted by Crippen LogP contribution is -2.48. The summed E-state index contributed by atoms with van der Waals surface area (Å²) in [5, 5.41) is 9.07. The van der Waals surface area contributed by atoms with Crippen molar-refractivity contribution in [2.75, 3.05) is 0 Å². The molecule has 0 radical (unpaired) electrons. The van der Waals surface area contributed by atoms with Crippen LogP contribution in [0, 0.1) is 17.8 Å². The molecular weight excluding hydrogens is 417 g/mol. The second-order valence-corrected chi connectivity index (χ2v) is 10.1. The number of fused-ring (bicyclic) bond motifs is 4. The largest absolute Gasteiger partial charge is 0.417 e. The number of aromatic nitrogens is 1. The van der Waals surface area contributed by atoms with Crippen molar-refractivity contribution in [2.24, 2.45) is 22.9 Å². The maximum atomic E-state index is 13.7. The summed E-state index contributed by atoms with van der Waals surface area (Å²) >= 11 is 0. The van der Waals surface area contributed by atoms with E-state index in [0.717, 1.165) is 48.7 Å². The molecule has 0 N–H and O–H groups in total. The van der Waals surface area contributed by atoms with E-state index < -0.39 is 17.2 Å². The van der Waals surface area contributed by atoms with Gasteiger partial charge in [-0.05, 0) is 50.0 Å². The molecule has 0 unspecified atom stereocenters. The Kier molecular flexibility index (Phi) is 4.77. The fraction of sp³-hybridized carbons (Fsp3) is 0.600. The van der Waals surface area contributed by atoms with Crippen LogP contribution in [-0.4, -0.2) is 16.5 Å². The van der Waals surface area contributed by atoms with Gasteiger partial charge in [-0.2, -0.15) is 13.2 Å². The summed E-state index contributed by atoms with van der Waals surface area (Å²) in [4.78, 5) is 6.21. The molecule has 7 heteroatoms. The summed E-state index contributed by atoms with van der Waals surface area (Å²) in [6, 6.07) is 5.59. The second kappa shape index (κ2) is 7.09. The van der Waals surface area contributed by atoms with Crippen LogP contribution in [0.4, 0.5) is 13.2 Å². The molecule has 1 fully saturated rings. The number of benzene rings is 1. The van der Waals surface area contributed by atoms with Gasteiger partial charge in [0.25, 0.3) is 0 Å². The zero-order valence-corrected chi connectivity index (χ0v) is 18.9. The van der Waals surface area contributed by atoms with Crippen molar-refractivity contribution in [3.05, 3.63) is 41.1 Å². The van der Waals surface area contributed by atoms with E-state index in [1.54, 1.807) is 6.07 Å². The molecule has 1 spiro atoms. The standard InChI is InChI=1S/C25H29F3N2O2/c1-14(2)24(15(3)4)19-11-13-23(22(19)30-32-24)12-7-9-17-20(31-29-21(17)23)16-8-5-6-10-18(16)25(26,27)28/h5-6,8,10,14-15,19H,7,9,11-13H2,1-4H3/t19-,23-/m0/s1. The van der Waals surface area contributed by atoms with Crippen molar-refractivity contribution >= 4 is 5.71 Å². The van der Waals surface area contributed by atoms with Gasteiger partial charge >= 0.3 is 6.18 Å². The normalized spacial score (nSPS) is 26.4. The summed E-state index contributed by atoms with van der Waals surface area (Å²) in [5.74, 6) is 1.02. The van der Waals surface area contributed by atoms with Crippen molar-refractivity contribution in [3.63, 3.8) is 0 Å². The summed E-state index contributed by atoms with van der Waals surface area (Å²) in [6.07, 6.45) is -0.259. The van der Waals surface area contributed by atoms with Gasteiger partial charge in [0.1, 0.15) is 5.60 Å². The van der Waals surface area contributed by atoms with Gasteiger partial charge in [-0.15, -0.1) is 0 Å². The molecule has 32 heavy (non-hydrogen) atoms. The molecule has 0 saturated heterocycles. The van der Waals surface area contributed by atoms with E-state index in [0.29, 0.717) is 18.3 Å². The van der Waals surface area contributed by atoms with Gasteiger partial charge in [0, 0.05) is 17.0 Å². The molecule has 1 aromatic heterocycles. The third-order valence-electron chi connectivity index (χ3n) is 8.08. The van der Waals surface area contributed by atoms with E-state index in [4.69, 9.17) is 9.36 Å². The predicted octanol–water partition coefficient (Wildman–Crippen LogP) is 6.78. The first-order valence-corrected chi connectivity index (χ1v) is 11.5. The Morgan fingerprint density at radius 2 is 1.78 bits per heavy atom. The monoisotopic (exact) mass is 446 g/mol. The zero-order chi connectivity index (χ0) is 22.9. The molecule has 2 heterocycles. The lowest BCUT2D eigenvalue weighted by molar-refractivity contribution is -0.137. The molecule has 1 aliphatic heterocycles. The maximum Gasteiger partial charge on any atom is 0.417 e. The summed E-state index contributed by atoms with van der Waals surface area (Å²) in [6.45, 7) is 8.71. The molecule has 2 atom stereocenters. The number of nitrogens with zero attached hydrogens (tertiary/aromatic N) is 2. The highest BCUT2D eigenvalue weighted by Crippen LogP contribution is 2.58. The summed E-state index contributed by atoms with van der Waals surface area (Å²) < 4.78 is 46.7. The van der Waals surface area contributed by atoms with E-state index in [-0.39, 0.29) is 22.8 Å². The molecule has 172 valence electrons. The minimum absolute atomic E-state index is 0.0589. The summed E-state index contributed by atoms with van der Waals surface area (Å²) in [5.41, 5.74) is 1.19. The van der Waals surface area contributed by atoms with Gasteiger partial charge in [0.15, 0.2) is 5.76 Å². The van der Waals surface area contributed by atoms with Gasteiger partial charge in [-0.1, -0.05) is 56.2 Å². The van der Waals surface area contributed by atoms with Gasteiger partial charge in [0.2, 0.25) is 0 Å². The molecule has 2 aliphatic carbocycles. The first kappa shape index (κ1) is 21.5. The molecule has 3 aliphatic rings. The second-order valence-electron chi connectivity index (χ2n) is 10.1. The van der Waals surface area contributed by atoms with E-state index in [2.05, 4.69) is 38.0 Å². The molecule has 1 aromatic carbocycles. The van der Waals surface area contributed by atoms with Crippen LogP contribution >= 0.6 is 0 Å². The predicted molar refractivity (Wildman–Crippen MR) is 115 cm³/mol. The van der Waals surface area contributed by atoms with Crippen LogP contribution in [0.25, 0.3) is 11.3 Å². The van der Waals surface area contributed by atoms with Crippen molar-refractivity contribution in [1.29, 1.82) is 0 Å². The fourth-order valence-corrected chi connectivity index (χ4v) is 6.69. The van der Waals surface area contributed by atoms with Gasteiger partial charge < -0.3 is 9.36 Å². The Bertz CT molecular complexity index is 1060. The minimum Gasteiger partial charge on any atom is -0.388 e. The first-order valence-electron chi connectivity index (χ1n) is 11.5. The Balaban J connectivity index is 1.61. The van der Waals surface area contributed by atoms with Crippen LogP contribution in [0.15, 0.2) is 33.9 Å². The van der Waals surface area contributed by atoms with Crippen molar-refractivity contribution in [1.82, 2.24) is 5.16 Å². The van der Waals surface area contributed by atoms with Crippen molar-refractivity contribution < 1.29 is 22.5 Å². The Morgan fingerprint density at radius 3 is 2.47 bits per heavy atom. The summed E-state index contributed by atoms with van der Waals surface area (Å²) in [7, 11) is 0. The number of hydrogen-bond donors (Lipinski definition) is 0. The Morgan fingerprint density at radius 1 is 1.06 bits per heavy atom. The molecule has 4 nitrogen and oxygen atoms in total. The fourth-order valence-electron chi connectivity index (χ4n) is 6.69. The Labute approximate surface area is 186 Å². The van der Waals surface area contributed by atoms with Crippen molar-refractivity contribution in [3.8, 4) is 11.3 Å². The van der Waals surface area contributed by atoms with E-state index in [9.17, 15) is 13.2 Å². The van der Waals surface area contributed by atoms with Crippen LogP contribution < -0.4 is 0 Å². The highest BCUT2D eigenvalue weighted by atomic mass is 19.4. The van der Waals surface area contributed by atoms with E-state index in [1.165, 1.54) is 12.1 Å². The third-order valence-corrected chi connectivity index (χ3v) is 8.08. The molecule has 1 saturated carbocycles. The zero-order valence-electron chi connectivity index (χ0n) is 18.9.